The van der Waals surface area contributed by atoms with Gasteiger partial charge in [0, 0.05) is 43.7 Å². The Labute approximate surface area is 208 Å². The van der Waals surface area contributed by atoms with Gasteiger partial charge in [0.15, 0.2) is 11.8 Å². The normalized spacial score (nSPS) is 19.6. The highest BCUT2D eigenvalue weighted by molar-refractivity contribution is 9.10. The molecule has 184 valence electrons. The quantitative estimate of drug-likeness (QED) is 0.320. The highest BCUT2D eigenvalue weighted by Crippen LogP contribution is 2.34. The number of aliphatic hydroxyl groups excluding tert-OH is 1. The predicted octanol–water partition coefficient (Wildman–Crippen LogP) is 3.09. The topological polar surface area (TPSA) is 98.6 Å². The van der Waals surface area contributed by atoms with Crippen LogP contribution in [0.5, 0.6) is 5.75 Å². The number of aliphatic hydroxyl groups is 1. The van der Waals surface area contributed by atoms with E-state index < -0.39 is 17.9 Å². The lowest BCUT2D eigenvalue weighted by Crippen LogP contribution is -2.54. The van der Waals surface area contributed by atoms with Gasteiger partial charge >= 0.3 is 0 Å². The molecule has 1 aliphatic rings. The van der Waals surface area contributed by atoms with Crippen molar-refractivity contribution < 1.29 is 28.8 Å². The average molecular weight is 535 g/mol. The van der Waals surface area contributed by atoms with Crippen molar-refractivity contribution in [1.82, 2.24) is 5.32 Å². The summed E-state index contributed by atoms with van der Waals surface area (Å²) in [5.74, 6) is 0.812. The first-order valence-corrected chi connectivity index (χ1v) is 11.9. The van der Waals surface area contributed by atoms with Gasteiger partial charge in [-0.3, -0.25) is 4.79 Å². The third kappa shape index (κ3) is 6.15. The van der Waals surface area contributed by atoms with Crippen LogP contribution in [0, 0.1) is 0 Å². The van der Waals surface area contributed by atoms with Crippen LogP contribution in [0.4, 0.5) is 0 Å². The summed E-state index contributed by atoms with van der Waals surface area (Å²) >= 11 is 3.58. The predicted molar refractivity (Wildman–Crippen MR) is 132 cm³/mol. The molecule has 0 aliphatic carbocycles. The molecule has 2 aromatic carbocycles. The van der Waals surface area contributed by atoms with Gasteiger partial charge in [-0.25, -0.2) is 4.99 Å². The first-order valence-electron chi connectivity index (χ1n) is 11.1. The van der Waals surface area contributed by atoms with Gasteiger partial charge in [0.05, 0.1) is 13.2 Å². The van der Waals surface area contributed by atoms with E-state index in [4.69, 9.17) is 29.0 Å². The summed E-state index contributed by atoms with van der Waals surface area (Å²) in [6.45, 7) is 2.55. The average Bonchev–Trinajstić information content (AvgIpc) is 3.18. The first kappa shape index (κ1) is 26.2. The summed E-state index contributed by atoms with van der Waals surface area (Å²) in [5.41, 5.74) is 0.511. The molecule has 0 bridgehead atoms. The molecule has 3 rings (SSSR count). The van der Waals surface area contributed by atoms with Crippen molar-refractivity contribution in [3.05, 3.63) is 64.1 Å². The number of methoxy groups -OCH3 is 2. The smallest absolute Gasteiger partial charge is 0.252 e. The number of nitrogens with one attached hydrogen (secondary N) is 1. The molecular formula is C25H31BrN2O6. The van der Waals surface area contributed by atoms with E-state index in [0.29, 0.717) is 31.1 Å². The highest BCUT2D eigenvalue weighted by atomic mass is 79.9. The number of halogens is 1. The molecule has 0 saturated carbocycles. The molecule has 2 aromatic rings. The molecule has 1 aliphatic heterocycles. The standard InChI is InChI=1S/C25H31BrN2O6/c1-17-25(15-19-7-4-5-8-21(19)26,24(30)27-16-22(31-2)32-3)28-23(34-17)18-9-11-20(12-10-18)33-14-6-13-29/h4-5,7-12,17,22,29H,6,13-16H2,1-3H3,(H,27,30)/t17-,25-/m1/s1. The summed E-state index contributed by atoms with van der Waals surface area (Å²) in [4.78, 5) is 18.4. The third-order valence-corrected chi connectivity index (χ3v) is 6.47. The van der Waals surface area contributed by atoms with E-state index in [-0.39, 0.29) is 19.1 Å². The molecule has 0 saturated heterocycles. The fourth-order valence-electron chi connectivity index (χ4n) is 3.67. The molecule has 0 spiro atoms. The van der Waals surface area contributed by atoms with Crippen molar-refractivity contribution in [2.45, 2.75) is 37.7 Å². The van der Waals surface area contributed by atoms with Crippen LogP contribution in [0.15, 0.2) is 58.0 Å². The minimum absolute atomic E-state index is 0.0812. The summed E-state index contributed by atoms with van der Waals surface area (Å²) in [6.07, 6.45) is -0.172. The summed E-state index contributed by atoms with van der Waals surface area (Å²) in [7, 11) is 3.04. The Hall–Kier alpha value is -2.46. The fraction of sp³-hybridized carbons (Fsp3) is 0.440. The number of rotatable bonds is 12. The number of benzene rings is 2. The van der Waals surface area contributed by atoms with Crippen LogP contribution >= 0.6 is 15.9 Å². The molecular weight excluding hydrogens is 504 g/mol. The number of nitrogens with zero attached hydrogens (tertiary/aromatic N) is 1. The Morgan fingerprint density at radius 2 is 1.91 bits per heavy atom. The lowest BCUT2D eigenvalue weighted by molar-refractivity contribution is -0.134. The van der Waals surface area contributed by atoms with E-state index >= 15 is 0 Å². The van der Waals surface area contributed by atoms with E-state index in [2.05, 4.69) is 21.2 Å². The van der Waals surface area contributed by atoms with Gasteiger partial charge in [0.2, 0.25) is 5.90 Å². The van der Waals surface area contributed by atoms with E-state index in [1.165, 1.54) is 14.2 Å². The number of ether oxygens (including phenoxy) is 4. The van der Waals surface area contributed by atoms with Crippen LogP contribution in [0.3, 0.4) is 0 Å². The second-order valence-corrected chi connectivity index (χ2v) is 8.78. The monoisotopic (exact) mass is 534 g/mol. The highest BCUT2D eigenvalue weighted by Gasteiger charge is 2.50. The number of carbonyl (C=O) groups is 1. The van der Waals surface area contributed by atoms with Crippen LogP contribution in [0.25, 0.3) is 0 Å². The Bertz CT molecular complexity index is 980. The first-order chi connectivity index (χ1) is 16.4. The van der Waals surface area contributed by atoms with Crippen molar-refractivity contribution in [2.75, 3.05) is 34.0 Å². The summed E-state index contributed by atoms with van der Waals surface area (Å²) in [6, 6.07) is 15.1. The van der Waals surface area contributed by atoms with E-state index in [1.54, 1.807) is 0 Å². The Balaban J connectivity index is 1.89. The fourth-order valence-corrected chi connectivity index (χ4v) is 4.09. The molecule has 1 amide bonds. The van der Waals surface area contributed by atoms with Gasteiger partial charge in [-0.1, -0.05) is 34.1 Å². The molecule has 0 radical (unpaired) electrons. The van der Waals surface area contributed by atoms with Crippen LogP contribution < -0.4 is 10.1 Å². The number of hydrogen-bond acceptors (Lipinski definition) is 7. The van der Waals surface area contributed by atoms with Crippen LogP contribution in [-0.2, 0) is 25.4 Å². The van der Waals surface area contributed by atoms with Gasteiger partial charge in [0.1, 0.15) is 11.9 Å². The lowest BCUT2D eigenvalue weighted by Gasteiger charge is -2.29. The number of hydrogen-bond donors (Lipinski definition) is 2. The molecule has 2 atom stereocenters. The largest absolute Gasteiger partial charge is 0.494 e. The zero-order valence-corrected chi connectivity index (χ0v) is 21.2. The number of amides is 1. The van der Waals surface area contributed by atoms with Gasteiger partial charge in [-0.2, -0.15) is 0 Å². The molecule has 9 heteroatoms. The second-order valence-electron chi connectivity index (χ2n) is 7.93. The van der Waals surface area contributed by atoms with E-state index in [9.17, 15) is 4.79 Å². The Morgan fingerprint density at radius 1 is 1.21 bits per heavy atom. The summed E-state index contributed by atoms with van der Waals surface area (Å²) in [5, 5.41) is 11.8. The zero-order valence-electron chi connectivity index (χ0n) is 19.6. The number of carbonyl (C=O) groups excluding carboxylic acids is 1. The Morgan fingerprint density at radius 3 is 2.56 bits per heavy atom. The maximum atomic E-state index is 13.5. The van der Waals surface area contributed by atoms with Gasteiger partial charge < -0.3 is 29.4 Å². The Kier molecular flexibility index (Phi) is 9.46. The molecule has 0 unspecified atom stereocenters. The molecule has 8 nitrogen and oxygen atoms in total. The maximum absolute atomic E-state index is 13.5. The second kappa shape index (κ2) is 12.3. The van der Waals surface area contributed by atoms with Crippen molar-refractivity contribution in [2.24, 2.45) is 4.99 Å². The van der Waals surface area contributed by atoms with Crippen molar-refractivity contribution in [3.8, 4) is 5.75 Å². The SMILES string of the molecule is COC(CNC(=O)[C@]1(Cc2ccccc2Br)N=C(c2ccc(OCCCO)cc2)O[C@@H]1C)OC. The summed E-state index contributed by atoms with van der Waals surface area (Å²) < 4.78 is 23.0. The van der Waals surface area contributed by atoms with E-state index in [0.717, 1.165) is 15.6 Å². The molecule has 34 heavy (non-hydrogen) atoms. The lowest BCUT2D eigenvalue weighted by atomic mass is 9.86. The van der Waals surface area contributed by atoms with Crippen molar-refractivity contribution in [1.29, 1.82) is 0 Å². The maximum Gasteiger partial charge on any atom is 0.252 e. The van der Waals surface area contributed by atoms with Gasteiger partial charge in [0.25, 0.3) is 5.91 Å². The minimum atomic E-state index is -1.18. The van der Waals surface area contributed by atoms with Crippen LogP contribution in [0.2, 0.25) is 0 Å². The zero-order chi connectivity index (χ0) is 24.6. The van der Waals surface area contributed by atoms with Gasteiger partial charge in [-0.15, -0.1) is 0 Å². The third-order valence-electron chi connectivity index (χ3n) is 5.70. The van der Waals surface area contributed by atoms with Gasteiger partial charge in [-0.05, 0) is 42.8 Å². The number of aliphatic imine (C=N–C) groups is 1. The molecule has 2 N–H and O–H groups in total. The van der Waals surface area contributed by atoms with Crippen LogP contribution in [0.1, 0.15) is 24.5 Å². The molecule has 0 fully saturated rings. The van der Waals surface area contributed by atoms with Crippen molar-refractivity contribution in [3.63, 3.8) is 0 Å². The van der Waals surface area contributed by atoms with Crippen LogP contribution in [-0.4, -0.2) is 68.8 Å². The minimum Gasteiger partial charge on any atom is -0.494 e. The molecule has 1 heterocycles. The van der Waals surface area contributed by atoms with E-state index in [1.807, 2.05) is 55.5 Å². The van der Waals surface area contributed by atoms with Crippen molar-refractivity contribution >= 4 is 27.7 Å². The molecule has 0 aromatic heterocycles.